The first-order valence-corrected chi connectivity index (χ1v) is 4.50. The van der Waals surface area contributed by atoms with Crippen molar-refractivity contribution in [2.24, 2.45) is 0 Å². The van der Waals surface area contributed by atoms with Gasteiger partial charge in [0.15, 0.2) is 0 Å². The van der Waals surface area contributed by atoms with Crippen molar-refractivity contribution in [3.8, 4) is 6.07 Å². The maximum absolute atomic E-state index is 8.55. The van der Waals surface area contributed by atoms with Crippen molar-refractivity contribution in [3.05, 3.63) is 28.2 Å². The Hall–Kier alpha value is -0.910. The molecule has 0 saturated heterocycles. The number of nitriles is 1. The smallest absolute Gasteiger partial charge is 0.111 e. The number of nitrogens with one attached hydrogen (secondary N) is 1. The van der Waals surface area contributed by atoms with E-state index >= 15 is 0 Å². The fourth-order valence-electron chi connectivity index (χ4n) is 0.868. The Kier molecular flexibility index (Phi) is 3.41. The lowest BCUT2D eigenvalue weighted by Crippen LogP contribution is -2.11. The van der Waals surface area contributed by atoms with E-state index in [2.05, 4.69) is 11.4 Å². The molecule has 1 atom stereocenters. The fourth-order valence-corrected chi connectivity index (χ4v) is 1.17. The van der Waals surface area contributed by atoms with Crippen LogP contribution in [-0.2, 0) is 0 Å². The molecule has 1 unspecified atom stereocenters. The van der Waals surface area contributed by atoms with Crippen LogP contribution in [0.5, 0.6) is 0 Å². The first-order valence-electron chi connectivity index (χ1n) is 3.74. The van der Waals surface area contributed by atoms with Crippen molar-refractivity contribution in [3.63, 3.8) is 0 Å². The number of hydrogen-bond donors (Lipinski definition) is 1. The molecule has 0 aromatic heterocycles. The Morgan fingerprint density at radius 1 is 1.38 bits per heavy atom. The van der Waals surface area contributed by atoms with E-state index in [-0.39, 0.29) is 6.04 Å². The van der Waals surface area contributed by atoms with Gasteiger partial charge in [-0.15, -0.1) is 0 Å². The maximum Gasteiger partial charge on any atom is 0.111 e. The molecular weight excluding hydrogens is 207 g/mol. The van der Waals surface area contributed by atoms with Gasteiger partial charge in [-0.2, -0.15) is 5.26 Å². The van der Waals surface area contributed by atoms with E-state index in [0.717, 1.165) is 5.69 Å². The minimum atomic E-state index is -0.239. The third-order valence-electron chi connectivity index (χ3n) is 1.50. The van der Waals surface area contributed by atoms with E-state index < -0.39 is 0 Å². The molecule has 0 aliphatic heterocycles. The second kappa shape index (κ2) is 4.36. The average Bonchev–Trinajstić information content (AvgIpc) is 2.11. The molecule has 1 aromatic rings. The van der Waals surface area contributed by atoms with E-state index in [4.69, 9.17) is 28.5 Å². The summed E-state index contributed by atoms with van der Waals surface area (Å²) in [6.07, 6.45) is 0. The molecule has 4 heteroatoms. The minimum absolute atomic E-state index is 0.239. The Morgan fingerprint density at radius 2 is 2.08 bits per heavy atom. The van der Waals surface area contributed by atoms with E-state index in [9.17, 15) is 0 Å². The summed E-state index contributed by atoms with van der Waals surface area (Å²) in [5, 5.41) is 12.5. The summed E-state index contributed by atoms with van der Waals surface area (Å²) in [4.78, 5) is 0. The molecule has 1 rings (SSSR count). The van der Waals surface area contributed by atoms with Gasteiger partial charge in [-0.1, -0.05) is 23.2 Å². The van der Waals surface area contributed by atoms with Crippen LogP contribution in [0.25, 0.3) is 0 Å². The van der Waals surface area contributed by atoms with Gasteiger partial charge >= 0.3 is 0 Å². The van der Waals surface area contributed by atoms with Crippen molar-refractivity contribution in [2.75, 3.05) is 5.32 Å². The summed E-state index contributed by atoms with van der Waals surface area (Å²) in [5.74, 6) is 0. The lowest BCUT2D eigenvalue weighted by molar-refractivity contribution is 1.01. The van der Waals surface area contributed by atoms with E-state index in [0.29, 0.717) is 10.0 Å². The van der Waals surface area contributed by atoms with Gasteiger partial charge in [-0.3, -0.25) is 0 Å². The lowest BCUT2D eigenvalue weighted by Gasteiger charge is -2.08. The van der Waals surface area contributed by atoms with Gasteiger partial charge in [0.2, 0.25) is 0 Å². The Bertz CT molecular complexity index is 344. The Labute approximate surface area is 87.1 Å². The fraction of sp³-hybridized carbons (Fsp3) is 0.222. The molecule has 0 aliphatic carbocycles. The maximum atomic E-state index is 8.55. The molecule has 0 saturated carbocycles. The predicted molar refractivity (Wildman–Crippen MR) is 55.2 cm³/mol. The number of anilines is 1. The largest absolute Gasteiger partial charge is 0.370 e. The lowest BCUT2D eigenvalue weighted by atomic mass is 10.3. The number of nitrogens with zero attached hydrogens (tertiary/aromatic N) is 1. The molecule has 0 fully saturated rings. The molecule has 0 amide bonds. The van der Waals surface area contributed by atoms with Crippen molar-refractivity contribution >= 4 is 28.9 Å². The molecule has 68 valence electrons. The molecule has 1 aromatic carbocycles. The minimum Gasteiger partial charge on any atom is -0.370 e. The van der Waals surface area contributed by atoms with E-state index in [1.807, 2.05) is 0 Å². The monoisotopic (exact) mass is 214 g/mol. The summed E-state index contributed by atoms with van der Waals surface area (Å²) in [6.45, 7) is 1.77. The Balaban J connectivity index is 2.81. The molecule has 2 nitrogen and oxygen atoms in total. The summed E-state index contributed by atoms with van der Waals surface area (Å²) in [5.41, 5.74) is 0.795. The van der Waals surface area contributed by atoms with Gasteiger partial charge in [0.05, 0.1) is 16.1 Å². The van der Waals surface area contributed by atoms with Crippen molar-refractivity contribution in [1.82, 2.24) is 0 Å². The summed E-state index contributed by atoms with van der Waals surface area (Å²) in [7, 11) is 0. The molecule has 0 radical (unpaired) electrons. The van der Waals surface area contributed by atoms with Gasteiger partial charge < -0.3 is 5.32 Å². The molecule has 0 spiro atoms. The normalized spacial score (nSPS) is 11.8. The van der Waals surface area contributed by atoms with Gasteiger partial charge in [0, 0.05) is 5.69 Å². The van der Waals surface area contributed by atoms with Gasteiger partial charge in [0.1, 0.15) is 6.04 Å². The second-order valence-electron chi connectivity index (χ2n) is 2.62. The zero-order valence-corrected chi connectivity index (χ0v) is 8.52. The molecular formula is C9H8Cl2N2. The average molecular weight is 215 g/mol. The van der Waals surface area contributed by atoms with Crippen LogP contribution in [0.3, 0.4) is 0 Å². The highest BCUT2D eigenvalue weighted by atomic mass is 35.5. The van der Waals surface area contributed by atoms with E-state index in [1.165, 1.54) is 0 Å². The van der Waals surface area contributed by atoms with Crippen LogP contribution in [0, 0.1) is 11.3 Å². The quantitative estimate of drug-likeness (QED) is 0.821. The SMILES string of the molecule is CC(C#N)Nc1ccc(Cl)c(Cl)c1. The van der Waals surface area contributed by atoms with Gasteiger partial charge in [-0.05, 0) is 25.1 Å². The third kappa shape index (κ3) is 2.80. The third-order valence-corrected chi connectivity index (χ3v) is 2.24. The summed E-state index contributed by atoms with van der Waals surface area (Å²) < 4.78 is 0. The van der Waals surface area contributed by atoms with Crippen molar-refractivity contribution < 1.29 is 0 Å². The number of halogens is 2. The highest BCUT2D eigenvalue weighted by Crippen LogP contribution is 2.25. The number of hydrogen-bond acceptors (Lipinski definition) is 2. The molecule has 13 heavy (non-hydrogen) atoms. The molecule has 0 aliphatic rings. The standard InChI is InChI=1S/C9H8Cl2N2/c1-6(5-12)13-7-2-3-8(10)9(11)4-7/h2-4,6,13H,1H3. The highest BCUT2D eigenvalue weighted by Gasteiger charge is 2.01. The summed E-state index contributed by atoms with van der Waals surface area (Å²) >= 11 is 11.5. The molecule has 1 N–H and O–H groups in total. The van der Waals surface area contributed by atoms with Crippen LogP contribution in [0.1, 0.15) is 6.92 Å². The Morgan fingerprint density at radius 3 is 2.62 bits per heavy atom. The van der Waals surface area contributed by atoms with E-state index in [1.54, 1.807) is 25.1 Å². The topological polar surface area (TPSA) is 35.8 Å². The van der Waals surface area contributed by atoms with Gasteiger partial charge in [-0.25, -0.2) is 0 Å². The zero-order valence-electron chi connectivity index (χ0n) is 7.01. The van der Waals surface area contributed by atoms with Crippen molar-refractivity contribution in [1.29, 1.82) is 5.26 Å². The van der Waals surface area contributed by atoms with Crippen molar-refractivity contribution in [2.45, 2.75) is 13.0 Å². The van der Waals surface area contributed by atoms with Crippen LogP contribution in [0.4, 0.5) is 5.69 Å². The van der Waals surface area contributed by atoms with Crippen LogP contribution in [-0.4, -0.2) is 6.04 Å². The number of benzene rings is 1. The van der Waals surface area contributed by atoms with Crippen LogP contribution in [0.2, 0.25) is 10.0 Å². The van der Waals surface area contributed by atoms with Crippen LogP contribution >= 0.6 is 23.2 Å². The first-order chi connectivity index (χ1) is 6.13. The number of rotatable bonds is 2. The zero-order chi connectivity index (χ0) is 9.84. The highest BCUT2D eigenvalue weighted by molar-refractivity contribution is 6.42. The first kappa shape index (κ1) is 10.2. The van der Waals surface area contributed by atoms with Crippen LogP contribution < -0.4 is 5.32 Å². The molecule has 0 bridgehead atoms. The van der Waals surface area contributed by atoms with Crippen LogP contribution in [0.15, 0.2) is 18.2 Å². The van der Waals surface area contributed by atoms with Gasteiger partial charge in [0.25, 0.3) is 0 Å². The predicted octanol–water partition coefficient (Wildman–Crippen LogP) is 3.32. The second-order valence-corrected chi connectivity index (χ2v) is 3.44. The molecule has 0 heterocycles. The summed E-state index contributed by atoms with van der Waals surface area (Å²) in [6, 6.07) is 6.98.